The number of aromatic nitrogens is 1. The van der Waals surface area contributed by atoms with E-state index in [2.05, 4.69) is 32.8 Å². The van der Waals surface area contributed by atoms with Crippen LogP contribution in [0.5, 0.6) is 0 Å². The van der Waals surface area contributed by atoms with Crippen molar-refractivity contribution in [2.75, 3.05) is 20.1 Å². The predicted molar refractivity (Wildman–Crippen MR) is 109 cm³/mol. The SMILES string of the molecule is CN=C(NCCCN1C(=O)C2C3C=CC(C3)C2C1=O)NCc1sc(C)nc1C. The molecule has 1 aromatic rings. The molecule has 4 atom stereocenters. The minimum Gasteiger partial charge on any atom is -0.356 e. The van der Waals surface area contributed by atoms with E-state index in [0.29, 0.717) is 32.0 Å². The molecule has 7 nitrogen and oxygen atoms in total. The highest BCUT2D eigenvalue weighted by molar-refractivity contribution is 7.11. The first-order chi connectivity index (χ1) is 13.5. The van der Waals surface area contributed by atoms with Gasteiger partial charge in [-0.05, 0) is 38.5 Å². The largest absolute Gasteiger partial charge is 0.356 e. The van der Waals surface area contributed by atoms with Gasteiger partial charge in [0, 0.05) is 25.0 Å². The number of carbonyl (C=O) groups excluding carboxylic acids is 2. The van der Waals surface area contributed by atoms with Crippen LogP contribution in [0, 0.1) is 37.5 Å². The van der Waals surface area contributed by atoms with Crippen molar-refractivity contribution in [1.82, 2.24) is 20.5 Å². The van der Waals surface area contributed by atoms with Gasteiger partial charge in [-0.15, -0.1) is 11.3 Å². The lowest BCUT2D eigenvalue weighted by Crippen LogP contribution is -2.39. The van der Waals surface area contributed by atoms with E-state index < -0.39 is 0 Å². The molecule has 4 rings (SSSR count). The number of amides is 2. The molecule has 4 unspecified atom stereocenters. The van der Waals surface area contributed by atoms with Gasteiger partial charge in [-0.2, -0.15) is 0 Å². The summed E-state index contributed by atoms with van der Waals surface area (Å²) in [5, 5.41) is 7.61. The second-order valence-electron chi connectivity index (χ2n) is 7.78. The summed E-state index contributed by atoms with van der Waals surface area (Å²) in [5.41, 5.74) is 1.05. The fraction of sp³-hybridized carbons (Fsp3) is 0.600. The van der Waals surface area contributed by atoms with Gasteiger partial charge in [-0.1, -0.05) is 12.2 Å². The van der Waals surface area contributed by atoms with E-state index in [9.17, 15) is 9.59 Å². The van der Waals surface area contributed by atoms with Crippen molar-refractivity contribution in [3.8, 4) is 0 Å². The van der Waals surface area contributed by atoms with Crippen molar-refractivity contribution in [2.24, 2.45) is 28.7 Å². The van der Waals surface area contributed by atoms with Crippen LogP contribution < -0.4 is 10.6 Å². The maximum atomic E-state index is 12.7. The molecule has 0 aromatic carbocycles. The Morgan fingerprint density at radius 1 is 1.21 bits per heavy atom. The minimum atomic E-state index is -0.101. The van der Waals surface area contributed by atoms with Crippen LogP contribution in [0.1, 0.15) is 28.4 Å². The highest BCUT2D eigenvalue weighted by Gasteiger charge is 2.58. The fourth-order valence-corrected chi connectivity index (χ4v) is 5.63. The van der Waals surface area contributed by atoms with Gasteiger partial charge in [-0.25, -0.2) is 4.98 Å². The second-order valence-corrected chi connectivity index (χ2v) is 9.06. The number of likely N-dealkylation sites (tertiary alicyclic amines) is 1. The second kappa shape index (κ2) is 7.66. The lowest BCUT2D eigenvalue weighted by atomic mass is 9.85. The molecule has 2 bridgehead atoms. The number of thiazole rings is 1. The zero-order chi connectivity index (χ0) is 19.8. The van der Waals surface area contributed by atoms with Crippen LogP contribution in [0.2, 0.25) is 0 Å². The van der Waals surface area contributed by atoms with Crippen molar-refractivity contribution < 1.29 is 9.59 Å². The molecule has 2 fully saturated rings. The first-order valence-corrected chi connectivity index (χ1v) is 10.7. The van der Waals surface area contributed by atoms with Crippen molar-refractivity contribution in [2.45, 2.75) is 33.2 Å². The average Bonchev–Trinajstić information content (AvgIpc) is 3.41. The molecule has 8 heteroatoms. The normalized spacial score (nSPS) is 28.4. The molecule has 0 spiro atoms. The van der Waals surface area contributed by atoms with Crippen molar-refractivity contribution in [3.05, 3.63) is 27.7 Å². The standard InChI is InChI=1S/C20H27N5O2S/c1-11-15(28-12(2)24-11)10-23-20(21-3)22-7-4-8-25-18(26)16-13-5-6-14(9-13)17(16)19(25)27/h5-6,13-14,16-17H,4,7-10H2,1-3H3,(H2,21,22,23). The monoisotopic (exact) mass is 401 g/mol. The third-order valence-electron chi connectivity index (χ3n) is 6.05. The van der Waals surface area contributed by atoms with Crippen LogP contribution in [0.3, 0.4) is 0 Å². The summed E-state index contributed by atoms with van der Waals surface area (Å²) in [5.74, 6) is 1.12. The molecule has 2 amide bonds. The molecular formula is C20H27N5O2S. The molecular weight excluding hydrogens is 374 g/mol. The van der Waals surface area contributed by atoms with Gasteiger partial charge in [0.05, 0.1) is 29.1 Å². The van der Waals surface area contributed by atoms with Gasteiger partial charge in [0.25, 0.3) is 0 Å². The van der Waals surface area contributed by atoms with E-state index >= 15 is 0 Å². The van der Waals surface area contributed by atoms with E-state index in [0.717, 1.165) is 17.1 Å². The lowest BCUT2D eigenvalue weighted by molar-refractivity contribution is -0.140. The Morgan fingerprint density at radius 2 is 1.89 bits per heavy atom. The number of imide groups is 1. The summed E-state index contributed by atoms with van der Waals surface area (Å²) in [6.07, 6.45) is 5.94. The third-order valence-corrected chi connectivity index (χ3v) is 7.13. The maximum absolute atomic E-state index is 12.7. The number of hydrogen-bond acceptors (Lipinski definition) is 5. The smallest absolute Gasteiger partial charge is 0.233 e. The molecule has 1 aromatic heterocycles. The first-order valence-electron chi connectivity index (χ1n) is 9.90. The Balaban J connectivity index is 1.22. The Labute approximate surface area is 169 Å². The number of nitrogens with one attached hydrogen (secondary N) is 2. The maximum Gasteiger partial charge on any atom is 0.233 e. The van der Waals surface area contributed by atoms with Gasteiger partial charge in [0.15, 0.2) is 5.96 Å². The van der Waals surface area contributed by atoms with Crippen molar-refractivity contribution in [3.63, 3.8) is 0 Å². The number of rotatable bonds is 6. The van der Waals surface area contributed by atoms with Crippen LogP contribution in [-0.4, -0.2) is 47.8 Å². The Morgan fingerprint density at radius 3 is 2.46 bits per heavy atom. The summed E-state index contributed by atoms with van der Waals surface area (Å²) in [4.78, 5) is 36.7. The van der Waals surface area contributed by atoms with E-state index in [1.54, 1.807) is 18.4 Å². The topological polar surface area (TPSA) is 86.7 Å². The molecule has 2 aliphatic carbocycles. The first kappa shape index (κ1) is 19.1. The van der Waals surface area contributed by atoms with Crippen LogP contribution in [0.15, 0.2) is 17.1 Å². The van der Waals surface area contributed by atoms with Gasteiger partial charge in [0.2, 0.25) is 11.8 Å². The molecule has 1 saturated carbocycles. The highest BCUT2D eigenvalue weighted by atomic mass is 32.1. The number of aliphatic imine (C=N–C) groups is 1. The zero-order valence-corrected chi connectivity index (χ0v) is 17.4. The molecule has 28 heavy (non-hydrogen) atoms. The van der Waals surface area contributed by atoms with Crippen LogP contribution in [-0.2, 0) is 16.1 Å². The quantitative estimate of drug-likeness (QED) is 0.249. The van der Waals surface area contributed by atoms with Crippen LogP contribution in [0.25, 0.3) is 0 Å². The third kappa shape index (κ3) is 3.34. The van der Waals surface area contributed by atoms with Crippen LogP contribution in [0.4, 0.5) is 0 Å². The van der Waals surface area contributed by atoms with E-state index in [1.165, 1.54) is 9.78 Å². The molecule has 2 heterocycles. The number of guanidine groups is 1. The number of hydrogen-bond donors (Lipinski definition) is 2. The average molecular weight is 402 g/mol. The number of allylic oxidation sites excluding steroid dienone is 2. The summed E-state index contributed by atoms with van der Waals surface area (Å²) in [6, 6.07) is 0. The lowest BCUT2D eigenvalue weighted by Gasteiger charge is -2.18. The molecule has 0 radical (unpaired) electrons. The Hall–Kier alpha value is -2.22. The minimum absolute atomic E-state index is 0.0328. The van der Waals surface area contributed by atoms with E-state index in [-0.39, 0.29) is 35.5 Å². The number of fused-ring (bicyclic) bond motifs is 5. The Kier molecular flexibility index (Phi) is 5.23. The zero-order valence-electron chi connectivity index (χ0n) is 16.6. The molecule has 150 valence electrons. The molecule has 3 aliphatic rings. The predicted octanol–water partition coefficient (Wildman–Crippen LogP) is 1.62. The van der Waals surface area contributed by atoms with Gasteiger partial charge >= 0.3 is 0 Å². The molecule has 1 aliphatic heterocycles. The van der Waals surface area contributed by atoms with E-state index in [4.69, 9.17) is 0 Å². The molecule has 1 saturated heterocycles. The molecule has 2 N–H and O–H groups in total. The van der Waals surface area contributed by atoms with Gasteiger partial charge < -0.3 is 10.6 Å². The summed E-state index contributed by atoms with van der Waals surface area (Å²) >= 11 is 1.68. The fourth-order valence-electron chi connectivity index (χ4n) is 4.75. The van der Waals surface area contributed by atoms with Gasteiger partial charge in [-0.3, -0.25) is 19.5 Å². The summed E-state index contributed by atoms with van der Waals surface area (Å²) < 4.78 is 0. The summed E-state index contributed by atoms with van der Waals surface area (Å²) in [7, 11) is 1.73. The number of aryl methyl sites for hydroxylation is 2. The van der Waals surface area contributed by atoms with Crippen LogP contribution >= 0.6 is 11.3 Å². The number of nitrogens with zero attached hydrogens (tertiary/aromatic N) is 3. The highest BCUT2D eigenvalue weighted by Crippen LogP contribution is 2.52. The van der Waals surface area contributed by atoms with Crippen molar-refractivity contribution in [1.29, 1.82) is 0 Å². The summed E-state index contributed by atoms with van der Waals surface area (Å²) in [6.45, 7) is 5.82. The van der Waals surface area contributed by atoms with E-state index in [1.807, 2.05) is 13.8 Å². The number of carbonyl (C=O) groups is 2. The van der Waals surface area contributed by atoms with Crippen molar-refractivity contribution >= 4 is 29.1 Å². The Bertz CT molecular complexity index is 816. The van der Waals surface area contributed by atoms with Gasteiger partial charge in [0.1, 0.15) is 0 Å².